The van der Waals surface area contributed by atoms with Crippen LogP contribution in [-0.2, 0) is 11.8 Å². The van der Waals surface area contributed by atoms with Crippen molar-refractivity contribution in [3.05, 3.63) is 65.6 Å². The number of allylic oxidation sites excluding steroid dienone is 4. The van der Waals surface area contributed by atoms with Crippen LogP contribution in [0.2, 0.25) is 0 Å². The quantitative estimate of drug-likeness (QED) is 0.403. The van der Waals surface area contributed by atoms with Crippen molar-refractivity contribution in [2.45, 2.75) is 30.7 Å². The molecule has 0 spiro atoms. The largest absolute Gasteiger partial charge is 0.465 e. The molecule has 3 heterocycles. The van der Waals surface area contributed by atoms with Gasteiger partial charge in [0.25, 0.3) is 0 Å². The minimum Gasteiger partial charge on any atom is -0.465 e. The molecule has 2 aromatic heterocycles. The van der Waals surface area contributed by atoms with Crippen LogP contribution in [0.3, 0.4) is 0 Å². The fourth-order valence-corrected chi connectivity index (χ4v) is 4.64. The molecule has 1 unspecified atom stereocenters. The molecular formula is C24H24ClN5O3. The van der Waals surface area contributed by atoms with Crippen LogP contribution in [0.4, 0.5) is 5.95 Å². The van der Waals surface area contributed by atoms with E-state index in [0.29, 0.717) is 5.56 Å². The number of methoxy groups -OCH3 is 1. The third-order valence-electron chi connectivity index (χ3n) is 6.10. The Kier molecular flexibility index (Phi) is 5.76. The van der Waals surface area contributed by atoms with E-state index >= 15 is 0 Å². The molecule has 1 aromatic carbocycles. The van der Waals surface area contributed by atoms with Crippen molar-refractivity contribution in [3.8, 4) is 11.4 Å². The molecule has 170 valence electrons. The number of alkyl halides is 1. The second kappa shape index (κ2) is 8.86. The molecule has 0 amide bonds. The zero-order valence-electron chi connectivity index (χ0n) is 18.4. The Morgan fingerprint density at radius 1 is 1.24 bits per heavy atom. The van der Waals surface area contributed by atoms with Crippen LogP contribution in [-0.4, -0.2) is 44.9 Å². The minimum absolute atomic E-state index is 0.0275. The van der Waals surface area contributed by atoms with Crippen LogP contribution in [0.15, 0.2) is 53.1 Å². The topological polar surface area (TPSA) is 86.3 Å². The molecule has 9 heteroatoms. The summed E-state index contributed by atoms with van der Waals surface area (Å²) in [5.74, 6) is 1.85. The maximum Gasteiger partial charge on any atom is 0.337 e. The summed E-state index contributed by atoms with van der Waals surface area (Å²) in [4.78, 5) is 13.9. The number of anilines is 1. The normalized spacial score (nSPS) is 20.2. The second-order valence-corrected chi connectivity index (χ2v) is 8.76. The van der Waals surface area contributed by atoms with Crippen molar-refractivity contribution in [2.24, 2.45) is 7.05 Å². The summed E-state index contributed by atoms with van der Waals surface area (Å²) in [5, 5.41) is 13.2. The highest BCUT2D eigenvalue weighted by Crippen LogP contribution is 2.37. The number of benzene rings is 1. The zero-order chi connectivity index (χ0) is 22.9. The summed E-state index contributed by atoms with van der Waals surface area (Å²) in [6.07, 6.45) is 8.87. The fraction of sp³-hybridized carbons (Fsp3) is 0.333. The van der Waals surface area contributed by atoms with Gasteiger partial charge in [0.15, 0.2) is 11.6 Å². The molecule has 0 radical (unpaired) electrons. The van der Waals surface area contributed by atoms with Gasteiger partial charge in [-0.15, -0.1) is 21.8 Å². The van der Waals surface area contributed by atoms with Gasteiger partial charge in [-0.25, -0.2) is 4.79 Å². The number of nitrogens with zero attached hydrogens (tertiary/aromatic N) is 5. The number of hydrogen-bond donors (Lipinski definition) is 0. The molecule has 8 nitrogen and oxygen atoms in total. The summed E-state index contributed by atoms with van der Waals surface area (Å²) < 4.78 is 12.4. The number of rotatable bonds is 5. The Morgan fingerprint density at radius 3 is 2.82 bits per heavy atom. The van der Waals surface area contributed by atoms with Crippen molar-refractivity contribution in [2.75, 3.05) is 18.6 Å². The standard InChI is InChI=1S/C24H24ClN5O3/c1-29-22(15-8-10-16(11-9-15)23(31)32-2)26-27-24(29)30-12-4-7-20(30)19-14-21(33-28-19)17-5-3-6-18(25)13-17/h3,5,8-11,13-14,18,20H,4,6-7,12H2,1-2H3/t18?,20-/m1/s1. The van der Waals surface area contributed by atoms with Crippen LogP contribution in [0.25, 0.3) is 17.0 Å². The van der Waals surface area contributed by atoms with E-state index in [2.05, 4.69) is 26.3 Å². The lowest BCUT2D eigenvalue weighted by molar-refractivity contribution is 0.0600. The smallest absolute Gasteiger partial charge is 0.337 e. The third kappa shape index (κ3) is 4.06. The van der Waals surface area contributed by atoms with E-state index in [0.717, 1.165) is 60.2 Å². The predicted octanol–water partition coefficient (Wildman–Crippen LogP) is 4.55. The molecule has 0 saturated carbocycles. The average molecular weight is 466 g/mol. The van der Waals surface area contributed by atoms with Gasteiger partial charge in [-0.3, -0.25) is 4.57 Å². The van der Waals surface area contributed by atoms with Crippen molar-refractivity contribution < 1.29 is 14.1 Å². The SMILES string of the molecule is COC(=O)c1ccc(-c2nnc(N3CCC[C@@H]3c3cc(C4=CC(Cl)CC=C4)on3)n2C)cc1. The number of aromatic nitrogens is 4. The van der Waals surface area contributed by atoms with Gasteiger partial charge in [-0.05, 0) is 31.4 Å². The van der Waals surface area contributed by atoms with E-state index in [1.54, 1.807) is 12.1 Å². The Morgan fingerprint density at radius 2 is 2.06 bits per heavy atom. The summed E-state index contributed by atoms with van der Waals surface area (Å²) >= 11 is 6.26. The zero-order valence-corrected chi connectivity index (χ0v) is 19.2. The molecule has 5 rings (SSSR count). The summed E-state index contributed by atoms with van der Waals surface area (Å²) in [5.41, 5.74) is 3.20. The first-order valence-electron chi connectivity index (χ1n) is 10.9. The summed E-state index contributed by atoms with van der Waals surface area (Å²) in [6, 6.07) is 9.20. The van der Waals surface area contributed by atoms with Crippen LogP contribution in [0.5, 0.6) is 0 Å². The third-order valence-corrected chi connectivity index (χ3v) is 6.40. The maximum absolute atomic E-state index is 11.7. The van der Waals surface area contributed by atoms with E-state index < -0.39 is 0 Å². The maximum atomic E-state index is 11.7. The van der Waals surface area contributed by atoms with E-state index in [9.17, 15) is 4.79 Å². The molecule has 2 aliphatic rings. The Hall–Kier alpha value is -3.39. The lowest BCUT2D eigenvalue weighted by atomic mass is 10.0. The monoisotopic (exact) mass is 465 g/mol. The van der Waals surface area contributed by atoms with Gasteiger partial charge in [-0.1, -0.05) is 35.5 Å². The van der Waals surface area contributed by atoms with Gasteiger partial charge in [0, 0.05) is 30.8 Å². The van der Waals surface area contributed by atoms with Gasteiger partial charge >= 0.3 is 5.97 Å². The summed E-state index contributed by atoms with van der Waals surface area (Å²) in [7, 11) is 3.31. The molecule has 0 N–H and O–H groups in total. The van der Waals surface area contributed by atoms with Crippen LogP contribution < -0.4 is 4.90 Å². The molecule has 2 atom stereocenters. The van der Waals surface area contributed by atoms with E-state index in [1.807, 2.05) is 42.0 Å². The highest BCUT2D eigenvalue weighted by Gasteiger charge is 2.32. The van der Waals surface area contributed by atoms with Gasteiger partial charge in [0.1, 0.15) is 5.69 Å². The van der Waals surface area contributed by atoms with E-state index in [1.165, 1.54) is 7.11 Å². The number of hydrogen-bond acceptors (Lipinski definition) is 7. The number of halogens is 1. The first-order valence-corrected chi connectivity index (χ1v) is 11.3. The first kappa shape index (κ1) is 21.5. The number of carbonyl (C=O) groups is 1. The van der Waals surface area contributed by atoms with Crippen molar-refractivity contribution >= 4 is 29.1 Å². The minimum atomic E-state index is -0.367. The molecular weight excluding hydrogens is 442 g/mol. The Balaban J connectivity index is 1.39. The Labute approximate surface area is 196 Å². The average Bonchev–Trinajstić information content (AvgIpc) is 3.58. The fourth-order valence-electron chi connectivity index (χ4n) is 4.40. The van der Waals surface area contributed by atoms with Crippen molar-refractivity contribution in [3.63, 3.8) is 0 Å². The molecule has 1 aliphatic carbocycles. The molecule has 1 fully saturated rings. The second-order valence-electron chi connectivity index (χ2n) is 8.20. The molecule has 33 heavy (non-hydrogen) atoms. The van der Waals surface area contributed by atoms with Gasteiger partial charge in [-0.2, -0.15) is 0 Å². The summed E-state index contributed by atoms with van der Waals surface area (Å²) in [6.45, 7) is 0.854. The highest BCUT2D eigenvalue weighted by atomic mass is 35.5. The lowest BCUT2D eigenvalue weighted by Gasteiger charge is -2.23. The number of esters is 1. The first-order chi connectivity index (χ1) is 16.0. The van der Waals surface area contributed by atoms with Crippen LogP contribution in [0.1, 0.15) is 47.1 Å². The number of carbonyl (C=O) groups excluding carboxylic acids is 1. The molecule has 1 aliphatic heterocycles. The van der Waals surface area contributed by atoms with Crippen LogP contribution >= 0.6 is 11.6 Å². The van der Waals surface area contributed by atoms with E-state index in [4.69, 9.17) is 20.9 Å². The number of ether oxygens (including phenoxy) is 1. The van der Waals surface area contributed by atoms with Gasteiger partial charge in [0.05, 0.1) is 24.1 Å². The molecule has 1 saturated heterocycles. The predicted molar refractivity (Wildman–Crippen MR) is 125 cm³/mol. The van der Waals surface area contributed by atoms with Crippen molar-refractivity contribution in [1.82, 2.24) is 19.9 Å². The lowest BCUT2D eigenvalue weighted by Crippen LogP contribution is -2.25. The Bertz CT molecular complexity index is 1230. The molecule has 3 aromatic rings. The highest BCUT2D eigenvalue weighted by molar-refractivity contribution is 6.22. The van der Waals surface area contributed by atoms with Gasteiger partial charge in [0.2, 0.25) is 5.95 Å². The van der Waals surface area contributed by atoms with Crippen molar-refractivity contribution in [1.29, 1.82) is 0 Å². The van der Waals surface area contributed by atoms with Crippen LogP contribution in [0, 0.1) is 0 Å². The van der Waals surface area contributed by atoms with E-state index in [-0.39, 0.29) is 17.4 Å². The molecule has 0 bridgehead atoms. The van der Waals surface area contributed by atoms with Gasteiger partial charge < -0.3 is 14.2 Å².